The first-order chi connectivity index (χ1) is 9.24. The van der Waals surface area contributed by atoms with E-state index in [-0.39, 0.29) is 0 Å². The first kappa shape index (κ1) is 12.1. The third-order valence-corrected chi connectivity index (χ3v) is 3.22. The summed E-state index contributed by atoms with van der Waals surface area (Å²) in [5.74, 6) is 0.984. The van der Waals surface area contributed by atoms with Gasteiger partial charge in [0.2, 0.25) is 5.89 Å². The summed E-state index contributed by atoms with van der Waals surface area (Å²) in [6, 6.07) is 6.97. The molecule has 0 aliphatic rings. The number of rotatable bonds is 2. The van der Waals surface area contributed by atoms with Gasteiger partial charge in [-0.2, -0.15) is 0 Å². The molecule has 2 aromatic heterocycles. The van der Waals surface area contributed by atoms with Crippen LogP contribution in [-0.2, 0) is 0 Å². The van der Waals surface area contributed by atoms with Crippen LogP contribution in [0.5, 0.6) is 0 Å². The molecule has 6 heteroatoms. The van der Waals surface area contributed by atoms with Gasteiger partial charge >= 0.3 is 0 Å². The van der Waals surface area contributed by atoms with Crippen molar-refractivity contribution in [2.45, 2.75) is 0 Å². The molecule has 19 heavy (non-hydrogen) atoms. The molecule has 0 unspecified atom stereocenters. The van der Waals surface area contributed by atoms with Crippen LogP contribution in [0.2, 0.25) is 10.0 Å². The van der Waals surface area contributed by atoms with Gasteiger partial charge in [-0.3, -0.25) is 0 Å². The zero-order chi connectivity index (χ0) is 13.2. The van der Waals surface area contributed by atoms with Crippen molar-refractivity contribution in [3.63, 3.8) is 0 Å². The van der Waals surface area contributed by atoms with Crippen LogP contribution in [0.25, 0.3) is 23.0 Å². The third-order valence-electron chi connectivity index (χ3n) is 2.48. The van der Waals surface area contributed by atoms with Gasteiger partial charge in [0, 0.05) is 11.8 Å². The number of aromatic nitrogens is 3. The van der Waals surface area contributed by atoms with E-state index >= 15 is 0 Å². The molecule has 2 heterocycles. The predicted octanol–water partition coefficient (Wildman–Crippen LogP) is 4.11. The van der Waals surface area contributed by atoms with Crippen LogP contribution in [0, 0.1) is 0 Å². The van der Waals surface area contributed by atoms with Crippen molar-refractivity contribution in [3.05, 3.63) is 53.0 Å². The largest absolute Gasteiger partial charge is 0.443 e. The Kier molecular flexibility index (Phi) is 3.19. The molecular formula is C13H7Cl2N3O. The second-order valence-electron chi connectivity index (χ2n) is 3.73. The number of halogens is 2. The van der Waals surface area contributed by atoms with Crippen molar-refractivity contribution >= 4 is 23.2 Å². The average Bonchev–Trinajstić information content (AvgIpc) is 2.96. The van der Waals surface area contributed by atoms with Crippen LogP contribution in [0.4, 0.5) is 0 Å². The summed E-state index contributed by atoms with van der Waals surface area (Å²) in [6.07, 6.45) is 4.71. The van der Waals surface area contributed by atoms with Gasteiger partial charge in [-0.25, -0.2) is 15.0 Å². The van der Waals surface area contributed by atoms with Gasteiger partial charge in [-0.15, -0.1) is 0 Å². The maximum Gasteiger partial charge on any atom is 0.245 e. The molecule has 94 valence electrons. The van der Waals surface area contributed by atoms with E-state index in [0.717, 1.165) is 5.56 Å². The molecule has 0 N–H and O–H groups in total. The Balaban J connectivity index is 2.06. The molecule has 3 aromatic rings. The van der Waals surface area contributed by atoms with Gasteiger partial charge < -0.3 is 4.42 Å². The second-order valence-corrected chi connectivity index (χ2v) is 4.55. The van der Waals surface area contributed by atoms with E-state index in [4.69, 9.17) is 27.6 Å². The second kappa shape index (κ2) is 4.99. The van der Waals surface area contributed by atoms with Gasteiger partial charge in [-0.05, 0) is 24.3 Å². The Morgan fingerprint density at radius 3 is 2.58 bits per heavy atom. The summed E-state index contributed by atoms with van der Waals surface area (Å²) in [7, 11) is 0. The number of hydrogen-bond acceptors (Lipinski definition) is 4. The number of benzene rings is 1. The quantitative estimate of drug-likeness (QED) is 0.713. The van der Waals surface area contributed by atoms with E-state index in [9.17, 15) is 0 Å². The lowest BCUT2D eigenvalue weighted by Gasteiger charge is -2.03. The first-order valence-electron chi connectivity index (χ1n) is 5.42. The van der Waals surface area contributed by atoms with Crippen LogP contribution in [0.15, 0.2) is 47.3 Å². The van der Waals surface area contributed by atoms with Crippen molar-refractivity contribution in [1.29, 1.82) is 0 Å². The molecule has 0 aliphatic carbocycles. The van der Waals surface area contributed by atoms with Gasteiger partial charge in [0.15, 0.2) is 5.82 Å². The minimum atomic E-state index is 0.448. The topological polar surface area (TPSA) is 51.8 Å². The van der Waals surface area contributed by atoms with Gasteiger partial charge in [0.1, 0.15) is 12.0 Å². The molecule has 0 amide bonds. The van der Waals surface area contributed by atoms with E-state index in [0.29, 0.717) is 27.5 Å². The lowest BCUT2D eigenvalue weighted by molar-refractivity contribution is 0.572. The highest BCUT2D eigenvalue weighted by Crippen LogP contribution is 2.27. The van der Waals surface area contributed by atoms with Crippen molar-refractivity contribution in [1.82, 2.24) is 15.0 Å². The molecule has 0 atom stereocenters. The van der Waals surface area contributed by atoms with Crippen LogP contribution >= 0.6 is 23.2 Å². The van der Waals surface area contributed by atoms with Crippen LogP contribution in [0.1, 0.15) is 0 Å². The van der Waals surface area contributed by atoms with Gasteiger partial charge in [0.25, 0.3) is 0 Å². The minimum absolute atomic E-state index is 0.448. The number of oxazole rings is 1. The van der Waals surface area contributed by atoms with Gasteiger partial charge in [0.05, 0.1) is 16.2 Å². The molecule has 0 spiro atoms. The highest BCUT2D eigenvalue weighted by atomic mass is 35.5. The molecule has 0 bridgehead atoms. The van der Waals surface area contributed by atoms with Crippen molar-refractivity contribution in [2.24, 2.45) is 0 Å². The standard InChI is InChI=1S/C13H7Cl2N3O/c14-9-2-1-8(7-10(9)15)12-16-4-3-11(18-12)13-17-5-6-19-13/h1-7H. The summed E-state index contributed by atoms with van der Waals surface area (Å²) in [6.45, 7) is 0. The normalized spacial score (nSPS) is 10.6. The summed E-state index contributed by atoms with van der Waals surface area (Å²) in [5.41, 5.74) is 1.39. The van der Waals surface area contributed by atoms with E-state index in [2.05, 4.69) is 15.0 Å². The number of nitrogens with zero attached hydrogens (tertiary/aromatic N) is 3. The number of hydrogen-bond donors (Lipinski definition) is 0. The summed E-state index contributed by atoms with van der Waals surface area (Å²) in [4.78, 5) is 12.6. The van der Waals surface area contributed by atoms with E-state index < -0.39 is 0 Å². The highest BCUT2D eigenvalue weighted by Gasteiger charge is 2.09. The summed E-state index contributed by atoms with van der Waals surface area (Å²) < 4.78 is 5.20. The van der Waals surface area contributed by atoms with E-state index in [1.165, 1.54) is 6.26 Å². The molecule has 0 saturated carbocycles. The Labute approximate surface area is 119 Å². The molecule has 0 saturated heterocycles. The maximum atomic E-state index is 5.98. The fourth-order valence-corrected chi connectivity index (χ4v) is 1.90. The van der Waals surface area contributed by atoms with Crippen molar-refractivity contribution in [3.8, 4) is 23.0 Å². The van der Waals surface area contributed by atoms with Crippen molar-refractivity contribution in [2.75, 3.05) is 0 Å². The van der Waals surface area contributed by atoms with Crippen LogP contribution in [0.3, 0.4) is 0 Å². The summed E-state index contributed by atoms with van der Waals surface area (Å²) in [5, 5.41) is 0.957. The Morgan fingerprint density at radius 2 is 1.84 bits per heavy atom. The molecule has 0 radical (unpaired) electrons. The maximum absolute atomic E-state index is 5.98. The lowest BCUT2D eigenvalue weighted by atomic mass is 10.2. The zero-order valence-corrected chi connectivity index (χ0v) is 11.1. The molecule has 4 nitrogen and oxygen atoms in total. The van der Waals surface area contributed by atoms with E-state index in [1.54, 1.807) is 30.6 Å². The lowest BCUT2D eigenvalue weighted by Crippen LogP contribution is -1.91. The van der Waals surface area contributed by atoms with Crippen molar-refractivity contribution < 1.29 is 4.42 Å². The average molecular weight is 292 g/mol. The minimum Gasteiger partial charge on any atom is -0.443 e. The molecule has 1 aromatic carbocycles. The monoisotopic (exact) mass is 291 g/mol. The SMILES string of the molecule is Clc1ccc(-c2nccc(-c3ncco3)n2)cc1Cl. The molecule has 0 aliphatic heterocycles. The Morgan fingerprint density at radius 1 is 0.947 bits per heavy atom. The predicted molar refractivity (Wildman–Crippen MR) is 73.0 cm³/mol. The smallest absolute Gasteiger partial charge is 0.245 e. The van der Waals surface area contributed by atoms with Gasteiger partial charge in [-0.1, -0.05) is 23.2 Å². The Hall–Kier alpha value is -1.91. The summed E-state index contributed by atoms with van der Waals surface area (Å²) >= 11 is 11.9. The first-order valence-corrected chi connectivity index (χ1v) is 6.18. The Bertz CT molecular complexity index is 714. The van der Waals surface area contributed by atoms with Crippen LogP contribution < -0.4 is 0 Å². The molecule has 0 fully saturated rings. The fraction of sp³-hybridized carbons (Fsp3) is 0. The molecule has 3 rings (SSSR count). The zero-order valence-electron chi connectivity index (χ0n) is 9.55. The fourth-order valence-electron chi connectivity index (χ4n) is 1.60. The van der Waals surface area contributed by atoms with E-state index in [1.807, 2.05) is 6.07 Å². The highest BCUT2D eigenvalue weighted by molar-refractivity contribution is 6.42. The van der Waals surface area contributed by atoms with Crippen LogP contribution in [-0.4, -0.2) is 15.0 Å². The third kappa shape index (κ3) is 2.45. The molecular weight excluding hydrogens is 285 g/mol.